The number of nitrogens with one attached hydrogen (secondary N) is 2. The number of hydrogen-bond donors (Lipinski definition) is 2. The lowest BCUT2D eigenvalue weighted by Gasteiger charge is -2.26. The molecule has 8 heteroatoms. The fourth-order valence-electron chi connectivity index (χ4n) is 2.28. The fraction of sp³-hybridized carbons (Fsp3) is 0.615. The molecule has 1 aliphatic rings. The van der Waals surface area contributed by atoms with Crippen molar-refractivity contribution >= 4 is 30.0 Å². The lowest BCUT2D eigenvalue weighted by Crippen LogP contribution is -2.43. The van der Waals surface area contributed by atoms with Crippen molar-refractivity contribution in [3.8, 4) is 0 Å². The van der Waals surface area contributed by atoms with Crippen molar-refractivity contribution in [1.29, 1.82) is 0 Å². The highest BCUT2D eigenvalue weighted by atomic mass is 35.5. The molecule has 0 aliphatic carbocycles. The van der Waals surface area contributed by atoms with E-state index in [1.807, 2.05) is 0 Å². The van der Waals surface area contributed by atoms with Crippen LogP contribution in [0, 0.1) is 12.8 Å². The van der Waals surface area contributed by atoms with Gasteiger partial charge in [0.05, 0.1) is 12.5 Å². The Bertz CT molecular complexity index is 486. The number of aromatic nitrogens is 1. The first-order chi connectivity index (χ1) is 9.56. The zero-order valence-electron chi connectivity index (χ0n) is 12.2. The predicted octanol–water partition coefficient (Wildman–Crippen LogP) is 0.801. The van der Waals surface area contributed by atoms with Crippen LogP contribution in [0.4, 0.5) is 5.82 Å². The third-order valence-electron chi connectivity index (χ3n) is 3.30. The SMILES string of the molecule is Cc1cc(NC(=O)CN(C)C(=O)C2CCCNC2)no1.Cl. The first-order valence-corrected chi connectivity index (χ1v) is 6.75. The van der Waals surface area contributed by atoms with Crippen LogP contribution >= 0.6 is 12.4 Å². The first kappa shape index (κ1) is 17.5. The molecule has 0 saturated carbocycles. The van der Waals surface area contributed by atoms with Gasteiger partial charge in [-0.05, 0) is 26.3 Å². The molecule has 0 spiro atoms. The van der Waals surface area contributed by atoms with Crippen LogP contribution in [0.2, 0.25) is 0 Å². The van der Waals surface area contributed by atoms with Gasteiger partial charge in [0.15, 0.2) is 5.82 Å². The van der Waals surface area contributed by atoms with Gasteiger partial charge < -0.3 is 20.1 Å². The number of anilines is 1. The molecule has 0 aromatic carbocycles. The minimum Gasteiger partial charge on any atom is -0.360 e. The molecule has 1 unspecified atom stereocenters. The third kappa shape index (κ3) is 5.02. The summed E-state index contributed by atoms with van der Waals surface area (Å²) < 4.78 is 4.86. The summed E-state index contributed by atoms with van der Waals surface area (Å²) in [6.07, 6.45) is 1.87. The van der Waals surface area contributed by atoms with E-state index in [1.54, 1.807) is 20.0 Å². The summed E-state index contributed by atoms with van der Waals surface area (Å²) in [6.45, 7) is 3.41. The summed E-state index contributed by atoms with van der Waals surface area (Å²) in [6, 6.07) is 1.63. The van der Waals surface area contributed by atoms with E-state index in [1.165, 1.54) is 4.90 Å². The number of likely N-dealkylation sites (N-methyl/N-ethyl adjacent to an activating group) is 1. The summed E-state index contributed by atoms with van der Waals surface area (Å²) in [5.41, 5.74) is 0. The Balaban J connectivity index is 0.00000220. The molecule has 1 aliphatic heterocycles. The van der Waals surface area contributed by atoms with Gasteiger partial charge in [0.1, 0.15) is 5.76 Å². The smallest absolute Gasteiger partial charge is 0.245 e. The van der Waals surface area contributed by atoms with Gasteiger partial charge in [-0.25, -0.2) is 0 Å². The topological polar surface area (TPSA) is 87.5 Å². The third-order valence-corrected chi connectivity index (χ3v) is 3.30. The second-order valence-electron chi connectivity index (χ2n) is 5.11. The van der Waals surface area contributed by atoms with E-state index in [0.717, 1.165) is 19.4 Å². The Morgan fingerprint density at radius 3 is 2.90 bits per heavy atom. The van der Waals surface area contributed by atoms with Crippen LogP contribution in [-0.4, -0.2) is 48.6 Å². The molecule has 2 N–H and O–H groups in total. The molecule has 2 heterocycles. The van der Waals surface area contributed by atoms with Gasteiger partial charge >= 0.3 is 0 Å². The zero-order valence-corrected chi connectivity index (χ0v) is 13.0. The molecule has 0 bridgehead atoms. The summed E-state index contributed by atoms with van der Waals surface area (Å²) in [4.78, 5) is 25.4. The maximum atomic E-state index is 12.2. The van der Waals surface area contributed by atoms with Crippen LogP contribution in [0.1, 0.15) is 18.6 Å². The number of carbonyl (C=O) groups excluding carboxylic acids is 2. The Labute approximate surface area is 129 Å². The Kier molecular flexibility index (Phi) is 6.64. The molecule has 1 saturated heterocycles. The Morgan fingerprint density at radius 2 is 2.33 bits per heavy atom. The highest BCUT2D eigenvalue weighted by Crippen LogP contribution is 2.13. The van der Waals surface area contributed by atoms with Crippen molar-refractivity contribution in [2.24, 2.45) is 5.92 Å². The molecule has 1 aromatic heterocycles. The molecule has 2 amide bonds. The van der Waals surface area contributed by atoms with E-state index in [0.29, 0.717) is 18.1 Å². The summed E-state index contributed by atoms with van der Waals surface area (Å²) >= 11 is 0. The molecule has 118 valence electrons. The molecule has 0 radical (unpaired) electrons. The highest BCUT2D eigenvalue weighted by Gasteiger charge is 2.25. The average molecular weight is 317 g/mol. The van der Waals surface area contributed by atoms with Gasteiger partial charge in [0, 0.05) is 19.7 Å². The number of amides is 2. The molecular weight excluding hydrogens is 296 g/mol. The van der Waals surface area contributed by atoms with Crippen molar-refractivity contribution in [3.05, 3.63) is 11.8 Å². The Hall–Kier alpha value is -1.60. The number of aryl methyl sites for hydroxylation is 1. The second-order valence-corrected chi connectivity index (χ2v) is 5.11. The predicted molar refractivity (Wildman–Crippen MR) is 80.3 cm³/mol. The number of hydrogen-bond acceptors (Lipinski definition) is 5. The second kappa shape index (κ2) is 7.99. The molecule has 2 rings (SSSR count). The van der Waals surface area contributed by atoms with Gasteiger partial charge in [-0.2, -0.15) is 0 Å². The van der Waals surface area contributed by atoms with Crippen LogP contribution in [-0.2, 0) is 9.59 Å². The summed E-state index contributed by atoms with van der Waals surface area (Å²) in [7, 11) is 1.64. The largest absolute Gasteiger partial charge is 0.360 e. The number of carbonyl (C=O) groups is 2. The van der Waals surface area contributed by atoms with Crippen molar-refractivity contribution in [2.75, 3.05) is 32.0 Å². The van der Waals surface area contributed by atoms with E-state index >= 15 is 0 Å². The molecule has 21 heavy (non-hydrogen) atoms. The van der Waals surface area contributed by atoms with Crippen molar-refractivity contribution in [2.45, 2.75) is 19.8 Å². The van der Waals surface area contributed by atoms with Crippen molar-refractivity contribution in [1.82, 2.24) is 15.4 Å². The number of piperidine rings is 1. The van der Waals surface area contributed by atoms with Gasteiger partial charge in [-0.15, -0.1) is 12.4 Å². The zero-order chi connectivity index (χ0) is 14.5. The molecule has 1 atom stereocenters. The van der Waals surface area contributed by atoms with Crippen LogP contribution < -0.4 is 10.6 Å². The fourth-order valence-corrected chi connectivity index (χ4v) is 2.28. The lowest BCUT2D eigenvalue weighted by atomic mass is 9.98. The van der Waals surface area contributed by atoms with E-state index < -0.39 is 0 Å². The van der Waals surface area contributed by atoms with Gasteiger partial charge in [-0.1, -0.05) is 5.16 Å². The van der Waals surface area contributed by atoms with E-state index in [2.05, 4.69) is 15.8 Å². The number of rotatable bonds is 4. The molecule has 1 fully saturated rings. The van der Waals surface area contributed by atoms with Crippen LogP contribution in [0.5, 0.6) is 0 Å². The first-order valence-electron chi connectivity index (χ1n) is 6.75. The maximum absolute atomic E-state index is 12.2. The van der Waals surface area contributed by atoms with Crippen molar-refractivity contribution in [3.63, 3.8) is 0 Å². The van der Waals surface area contributed by atoms with E-state index in [-0.39, 0.29) is 36.7 Å². The minimum absolute atomic E-state index is 0. The summed E-state index contributed by atoms with van der Waals surface area (Å²) in [5.74, 6) is 0.683. The van der Waals surface area contributed by atoms with Crippen molar-refractivity contribution < 1.29 is 14.1 Å². The molecule has 1 aromatic rings. The minimum atomic E-state index is -0.280. The van der Waals surface area contributed by atoms with E-state index in [9.17, 15) is 9.59 Å². The standard InChI is InChI=1S/C13H20N4O3.ClH/c1-9-6-11(16-20-9)15-12(18)8-17(2)13(19)10-4-3-5-14-7-10;/h6,10,14H,3-5,7-8H2,1-2H3,(H,15,16,18);1H. The molecular formula is C13H21ClN4O3. The maximum Gasteiger partial charge on any atom is 0.245 e. The highest BCUT2D eigenvalue weighted by molar-refractivity contribution is 5.94. The normalized spacial score (nSPS) is 17.7. The van der Waals surface area contributed by atoms with Gasteiger partial charge in [0.25, 0.3) is 0 Å². The molecule has 7 nitrogen and oxygen atoms in total. The Morgan fingerprint density at radius 1 is 1.57 bits per heavy atom. The number of nitrogens with zero attached hydrogens (tertiary/aromatic N) is 2. The van der Waals surface area contributed by atoms with Crippen LogP contribution in [0.25, 0.3) is 0 Å². The quantitative estimate of drug-likeness (QED) is 0.858. The van der Waals surface area contributed by atoms with E-state index in [4.69, 9.17) is 4.52 Å². The lowest BCUT2D eigenvalue weighted by molar-refractivity contribution is -0.137. The number of halogens is 1. The van der Waals surface area contributed by atoms with Crippen LogP contribution in [0.15, 0.2) is 10.6 Å². The van der Waals surface area contributed by atoms with Crippen LogP contribution in [0.3, 0.4) is 0 Å². The average Bonchev–Trinajstić information content (AvgIpc) is 2.84. The monoisotopic (exact) mass is 316 g/mol. The summed E-state index contributed by atoms with van der Waals surface area (Å²) in [5, 5.41) is 9.47. The van der Waals surface area contributed by atoms with Gasteiger partial charge in [0.2, 0.25) is 11.8 Å². The van der Waals surface area contributed by atoms with Gasteiger partial charge in [-0.3, -0.25) is 9.59 Å².